The number of carbonyl (C=O) groups is 1. The number of aryl methyl sites for hydroxylation is 1. The first kappa shape index (κ1) is 17.8. The van der Waals surface area contributed by atoms with Crippen LogP contribution < -0.4 is 4.74 Å². The minimum Gasteiger partial charge on any atom is -0.497 e. The van der Waals surface area contributed by atoms with Crippen LogP contribution >= 0.6 is 0 Å². The molecule has 1 saturated heterocycles. The molecule has 1 heterocycles. The Morgan fingerprint density at radius 1 is 1.48 bits per heavy atom. The Labute approximate surface area is 137 Å². The third-order valence-electron chi connectivity index (χ3n) is 4.93. The Kier molecular flexibility index (Phi) is 5.65. The van der Waals surface area contributed by atoms with E-state index >= 15 is 0 Å². The zero-order valence-electron chi connectivity index (χ0n) is 14.2. The number of hydrogen-bond acceptors (Lipinski definition) is 4. The van der Waals surface area contributed by atoms with Crippen LogP contribution in [0, 0.1) is 12.3 Å². The highest BCUT2D eigenvalue weighted by Gasteiger charge is 2.48. The van der Waals surface area contributed by atoms with Gasteiger partial charge in [0.1, 0.15) is 11.2 Å². The van der Waals surface area contributed by atoms with Crippen molar-refractivity contribution < 1.29 is 19.7 Å². The summed E-state index contributed by atoms with van der Waals surface area (Å²) in [6, 6.07) is 5.95. The van der Waals surface area contributed by atoms with Gasteiger partial charge in [-0.2, -0.15) is 0 Å². The van der Waals surface area contributed by atoms with Gasteiger partial charge in [0, 0.05) is 19.6 Å². The molecule has 2 N–H and O–H groups in total. The number of carboxylic acid groups (broad SMARTS) is 1. The molecule has 128 valence electrons. The summed E-state index contributed by atoms with van der Waals surface area (Å²) in [5.41, 5.74) is 1.25. The smallest absolute Gasteiger partial charge is 0.313 e. The van der Waals surface area contributed by atoms with E-state index in [-0.39, 0.29) is 0 Å². The zero-order chi connectivity index (χ0) is 17.0. The molecule has 1 aromatic rings. The van der Waals surface area contributed by atoms with E-state index < -0.39 is 17.5 Å². The van der Waals surface area contributed by atoms with E-state index in [9.17, 15) is 15.0 Å². The summed E-state index contributed by atoms with van der Waals surface area (Å²) in [4.78, 5) is 14.0. The molecule has 1 fully saturated rings. The highest BCUT2D eigenvalue weighted by atomic mass is 16.5. The number of rotatable bonds is 6. The molecule has 0 aromatic heterocycles. The summed E-state index contributed by atoms with van der Waals surface area (Å²) in [7, 11) is 1.65. The summed E-state index contributed by atoms with van der Waals surface area (Å²) in [5, 5.41) is 20.0. The van der Waals surface area contributed by atoms with Crippen LogP contribution in [0.5, 0.6) is 5.75 Å². The first-order chi connectivity index (χ1) is 10.9. The maximum atomic E-state index is 11.8. The number of ether oxygens (including phenoxy) is 1. The summed E-state index contributed by atoms with van der Waals surface area (Å²) in [6.45, 7) is 5.80. The molecule has 23 heavy (non-hydrogen) atoms. The fourth-order valence-corrected chi connectivity index (χ4v) is 3.52. The number of methoxy groups -OCH3 is 1. The number of aliphatic carboxylic acids is 1. The van der Waals surface area contributed by atoms with Gasteiger partial charge < -0.3 is 14.9 Å². The third kappa shape index (κ3) is 3.67. The van der Waals surface area contributed by atoms with Gasteiger partial charge in [-0.05, 0) is 43.0 Å². The van der Waals surface area contributed by atoms with Gasteiger partial charge in [-0.15, -0.1) is 0 Å². The average molecular weight is 321 g/mol. The second-order valence-corrected chi connectivity index (χ2v) is 6.52. The fourth-order valence-electron chi connectivity index (χ4n) is 3.52. The lowest BCUT2D eigenvalue weighted by Crippen LogP contribution is -2.55. The van der Waals surface area contributed by atoms with Gasteiger partial charge in [0.15, 0.2) is 0 Å². The Bertz CT molecular complexity index is 560. The normalized spacial score (nSPS) is 25.3. The number of aliphatic hydroxyl groups is 1. The zero-order valence-corrected chi connectivity index (χ0v) is 14.2. The van der Waals surface area contributed by atoms with Gasteiger partial charge in [0.05, 0.1) is 13.2 Å². The Balaban J connectivity index is 2.16. The van der Waals surface area contributed by atoms with E-state index in [0.29, 0.717) is 32.5 Å². The lowest BCUT2D eigenvalue weighted by Gasteiger charge is -2.43. The fraction of sp³-hybridized carbons (Fsp3) is 0.611. The second kappa shape index (κ2) is 7.32. The van der Waals surface area contributed by atoms with Gasteiger partial charge in [0.25, 0.3) is 0 Å². The van der Waals surface area contributed by atoms with Crippen LogP contribution in [-0.4, -0.2) is 47.4 Å². The molecule has 0 saturated carbocycles. The molecule has 1 aliphatic rings. The number of hydrogen-bond donors (Lipinski definition) is 2. The van der Waals surface area contributed by atoms with Gasteiger partial charge in [-0.3, -0.25) is 9.69 Å². The van der Waals surface area contributed by atoms with E-state index in [1.807, 2.05) is 32.0 Å². The van der Waals surface area contributed by atoms with Crippen molar-refractivity contribution in [2.24, 2.45) is 5.41 Å². The van der Waals surface area contributed by atoms with E-state index in [0.717, 1.165) is 23.3 Å². The third-order valence-corrected chi connectivity index (χ3v) is 4.93. The summed E-state index contributed by atoms with van der Waals surface area (Å²) in [5.74, 6) is -0.0609. The first-order valence-corrected chi connectivity index (χ1v) is 8.20. The second-order valence-electron chi connectivity index (χ2n) is 6.52. The largest absolute Gasteiger partial charge is 0.497 e. The van der Waals surface area contributed by atoms with Crippen LogP contribution in [0.15, 0.2) is 18.2 Å². The van der Waals surface area contributed by atoms with Gasteiger partial charge in [-0.25, -0.2) is 0 Å². The number of carboxylic acids is 1. The van der Waals surface area contributed by atoms with E-state index in [2.05, 4.69) is 4.90 Å². The number of aliphatic hydroxyl groups excluding tert-OH is 1. The van der Waals surface area contributed by atoms with Crippen molar-refractivity contribution in [3.8, 4) is 5.75 Å². The molecular weight excluding hydrogens is 294 g/mol. The van der Waals surface area contributed by atoms with Crippen LogP contribution in [-0.2, 0) is 11.3 Å². The van der Waals surface area contributed by atoms with Crippen molar-refractivity contribution in [2.75, 3.05) is 20.2 Å². The number of nitrogens with zero attached hydrogens (tertiary/aromatic N) is 1. The number of likely N-dealkylation sites (tertiary alicyclic amines) is 1. The Morgan fingerprint density at radius 3 is 2.78 bits per heavy atom. The molecule has 0 bridgehead atoms. The molecule has 5 nitrogen and oxygen atoms in total. The van der Waals surface area contributed by atoms with Crippen molar-refractivity contribution in [3.05, 3.63) is 29.3 Å². The average Bonchev–Trinajstić information content (AvgIpc) is 2.52. The van der Waals surface area contributed by atoms with Crippen LogP contribution in [0.1, 0.15) is 37.3 Å². The predicted molar refractivity (Wildman–Crippen MR) is 88.6 cm³/mol. The highest BCUT2D eigenvalue weighted by molar-refractivity contribution is 5.76. The summed E-state index contributed by atoms with van der Waals surface area (Å²) in [6.07, 6.45) is 0.982. The maximum absolute atomic E-state index is 11.8. The standard InChI is InChI=1S/C18H27NO4/c1-4-8-18(17(21)22)12-19(9-7-16(18)20)11-14-5-6-15(23-3)10-13(14)2/h5-6,10,16,20H,4,7-9,11-12H2,1-3H3,(H,21,22)/t16-,18+/m0/s1. The molecule has 0 unspecified atom stereocenters. The molecule has 0 spiro atoms. The SMILES string of the molecule is CCC[C@@]1(C(=O)O)CN(Cc2ccc(OC)cc2C)CC[C@@H]1O. The van der Waals surface area contributed by atoms with Crippen LogP contribution in [0.4, 0.5) is 0 Å². The van der Waals surface area contributed by atoms with Crippen molar-refractivity contribution >= 4 is 5.97 Å². The summed E-state index contributed by atoms with van der Waals surface area (Å²) >= 11 is 0. The maximum Gasteiger partial charge on any atom is 0.313 e. The van der Waals surface area contributed by atoms with E-state index in [1.54, 1.807) is 7.11 Å². The van der Waals surface area contributed by atoms with E-state index in [1.165, 1.54) is 0 Å². The lowest BCUT2D eigenvalue weighted by atomic mass is 9.74. The Hall–Kier alpha value is -1.59. The molecule has 2 rings (SSSR count). The molecule has 0 amide bonds. The molecule has 0 aliphatic carbocycles. The molecule has 1 aliphatic heterocycles. The van der Waals surface area contributed by atoms with Crippen molar-refractivity contribution in [1.29, 1.82) is 0 Å². The van der Waals surface area contributed by atoms with Crippen molar-refractivity contribution in [1.82, 2.24) is 4.90 Å². The van der Waals surface area contributed by atoms with E-state index in [4.69, 9.17) is 4.74 Å². The molecule has 0 radical (unpaired) electrons. The van der Waals surface area contributed by atoms with Gasteiger partial charge in [-0.1, -0.05) is 19.4 Å². The molecule has 5 heteroatoms. The van der Waals surface area contributed by atoms with Gasteiger partial charge in [0.2, 0.25) is 0 Å². The van der Waals surface area contributed by atoms with Crippen LogP contribution in [0.25, 0.3) is 0 Å². The first-order valence-electron chi connectivity index (χ1n) is 8.20. The van der Waals surface area contributed by atoms with Crippen LogP contribution in [0.3, 0.4) is 0 Å². The number of piperidine rings is 1. The van der Waals surface area contributed by atoms with Crippen molar-refractivity contribution in [2.45, 2.75) is 45.8 Å². The summed E-state index contributed by atoms with van der Waals surface area (Å²) < 4.78 is 5.23. The van der Waals surface area contributed by atoms with Gasteiger partial charge >= 0.3 is 5.97 Å². The topological polar surface area (TPSA) is 70.0 Å². The molecule has 1 aromatic carbocycles. The predicted octanol–water partition coefficient (Wildman–Crippen LogP) is 2.44. The minimum absolute atomic E-state index is 0.392. The molecule has 2 atom stereocenters. The lowest BCUT2D eigenvalue weighted by molar-refractivity contribution is -0.164. The van der Waals surface area contributed by atoms with Crippen molar-refractivity contribution in [3.63, 3.8) is 0 Å². The minimum atomic E-state index is -1.05. The van der Waals surface area contributed by atoms with Crippen LogP contribution in [0.2, 0.25) is 0 Å². The quantitative estimate of drug-likeness (QED) is 0.842. The monoisotopic (exact) mass is 321 g/mol. The number of benzene rings is 1. The molecular formula is C18H27NO4. The Morgan fingerprint density at radius 2 is 2.22 bits per heavy atom. The highest BCUT2D eigenvalue weighted by Crippen LogP contribution is 2.36.